The molecule has 0 heterocycles. The third kappa shape index (κ3) is 4.51. The largest absolute Gasteiger partial charge is 0.495 e. The van der Waals surface area contributed by atoms with Crippen LogP contribution < -0.4 is 4.74 Å². The highest BCUT2D eigenvalue weighted by Gasteiger charge is 2.17. The first kappa shape index (κ1) is 17.1. The van der Waals surface area contributed by atoms with E-state index in [0.717, 1.165) is 6.42 Å². The van der Waals surface area contributed by atoms with E-state index in [-0.39, 0.29) is 18.6 Å². The summed E-state index contributed by atoms with van der Waals surface area (Å²) >= 11 is 0. The van der Waals surface area contributed by atoms with Crippen LogP contribution in [0.5, 0.6) is 5.75 Å². The molecule has 0 aliphatic rings. The Labute approximate surface area is 126 Å². The average molecular weight is 289 g/mol. The van der Waals surface area contributed by atoms with Gasteiger partial charge in [-0.05, 0) is 31.5 Å². The van der Waals surface area contributed by atoms with Crippen LogP contribution >= 0.6 is 0 Å². The van der Waals surface area contributed by atoms with E-state index in [4.69, 9.17) is 9.84 Å². The van der Waals surface area contributed by atoms with Crippen molar-refractivity contribution in [1.29, 1.82) is 0 Å². The van der Waals surface area contributed by atoms with Gasteiger partial charge in [0.25, 0.3) is 5.91 Å². The van der Waals surface area contributed by atoms with Gasteiger partial charge in [-0.1, -0.05) is 18.8 Å². The zero-order valence-electron chi connectivity index (χ0n) is 13.1. The molecule has 4 heteroatoms. The van der Waals surface area contributed by atoms with Crippen molar-refractivity contribution in [3.63, 3.8) is 0 Å². The summed E-state index contributed by atoms with van der Waals surface area (Å²) in [5, 5.41) is 8.78. The molecule has 0 bridgehead atoms. The van der Waals surface area contributed by atoms with Crippen molar-refractivity contribution in [1.82, 2.24) is 4.90 Å². The summed E-state index contributed by atoms with van der Waals surface area (Å²) in [5.41, 5.74) is 1.25. The predicted molar refractivity (Wildman–Crippen MR) is 83.4 cm³/mol. The van der Waals surface area contributed by atoms with Crippen molar-refractivity contribution < 1.29 is 14.6 Å². The molecule has 114 valence electrons. The fourth-order valence-corrected chi connectivity index (χ4v) is 1.83. The van der Waals surface area contributed by atoms with Crippen LogP contribution in [0.15, 0.2) is 18.2 Å². The smallest absolute Gasteiger partial charge is 0.253 e. The standard InChI is InChI=1S/C17H23NO3/c1-5-13(2)18(3)17(20)15-9-10-16(21-4)14(12-15)8-6-7-11-19/h9-10,12-13,19H,5,7,11H2,1-4H3. The number of methoxy groups -OCH3 is 1. The molecule has 1 aromatic carbocycles. The predicted octanol–water partition coefficient (Wildman–Crippen LogP) is 2.30. The average Bonchev–Trinajstić information content (AvgIpc) is 2.52. The fourth-order valence-electron chi connectivity index (χ4n) is 1.83. The summed E-state index contributed by atoms with van der Waals surface area (Å²) in [6, 6.07) is 5.42. The van der Waals surface area contributed by atoms with Crippen molar-refractivity contribution in [3.05, 3.63) is 29.3 Å². The van der Waals surface area contributed by atoms with E-state index < -0.39 is 0 Å². The monoisotopic (exact) mass is 289 g/mol. The molecule has 1 aromatic rings. The van der Waals surface area contributed by atoms with E-state index in [1.54, 1.807) is 37.3 Å². The number of nitrogens with zero attached hydrogens (tertiary/aromatic N) is 1. The van der Waals surface area contributed by atoms with Gasteiger partial charge in [0.2, 0.25) is 0 Å². The second-order valence-electron chi connectivity index (χ2n) is 4.86. The Morgan fingerprint density at radius 1 is 1.48 bits per heavy atom. The Kier molecular flexibility index (Phi) is 6.77. The van der Waals surface area contributed by atoms with Crippen molar-refractivity contribution in [2.24, 2.45) is 0 Å². The van der Waals surface area contributed by atoms with Gasteiger partial charge < -0.3 is 14.7 Å². The lowest BCUT2D eigenvalue weighted by Crippen LogP contribution is -2.34. The quantitative estimate of drug-likeness (QED) is 0.846. The van der Waals surface area contributed by atoms with Gasteiger partial charge in [0.05, 0.1) is 19.3 Å². The minimum atomic E-state index is -0.0304. The van der Waals surface area contributed by atoms with Gasteiger partial charge in [0.15, 0.2) is 0 Å². The highest BCUT2D eigenvalue weighted by molar-refractivity contribution is 5.94. The third-order valence-corrected chi connectivity index (χ3v) is 3.48. The molecule has 4 nitrogen and oxygen atoms in total. The van der Waals surface area contributed by atoms with Gasteiger partial charge in [-0.3, -0.25) is 4.79 Å². The van der Waals surface area contributed by atoms with Gasteiger partial charge in [0.1, 0.15) is 5.75 Å². The van der Waals surface area contributed by atoms with Crippen molar-refractivity contribution in [2.75, 3.05) is 20.8 Å². The van der Waals surface area contributed by atoms with Crippen LogP contribution in [0.3, 0.4) is 0 Å². The Hall–Kier alpha value is -1.99. The van der Waals surface area contributed by atoms with Crippen LogP contribution in [0.4, 0.5) is 0 Å². The minimum absolute atomic E-state index is 0.0185. The van der Waals surface area contributed by atoms with E-state index in [9.17, 15) is 4.79 Å². The highest BCUT2D eigenvalue weighted by Crippen LogP contribution is 2.20. The maximum atomic E-state index is 12.4. The van der Waals surface area contributed by atoms with Crippen molar-refractivity contribution in [3.8, 4) is 17.6 Å². The summed E-state index contributed by atoms with van der Waals surface area (Å²) in [5.74, 6) is 6.38. The van der Waals surface area contributed by atoms with Crippen molar-refractivity contribution in [2.45, 2.75) is 32.7 Å². The van der Waals surface area contributed by atoms with Crippen molar-refractivity contribution >= 4 is 5.91 Å². The number of carbonyl (C=O) groups is 1. The molecule has 1 atom stereocenters. The first-order chi connectivity index (χ1) is 10.0. The number of aliphatic hydroxyl groups excluding tert-OH is 1. The van der Waals surface area contributed by atoms with Crippen LogP contribution in [0.1, 0.15) is 42.6 Å². The highest BCUT2D eigenvalue weighted by atomic mass is 16.5. The molecule has 0 aliphatic heterocycles. The molecule has 1 amide bonds. The molecule has 0 radical (unpaired) electrons. The molecule has 0 aromatic heterocycles. The van der Waals surface area contributed by atoms with Gasteiger partial charge in [-0.15, -0.1) is 0 Å². The number of aliphatic hydroxyl groups is 1. The number of rotatable bonds is 5. The van der Waals surface area contributed by atoms with Gasteiger partial charge in [0, 0.05) is 25.1 Å². The molecule has 1 rings (SSSR count). The second kappa shape index (κ2) is 8.33. The molecule has 0 saturated carbocycles. The molecule has 0 aliphatic carbocycles. The minimum Gasteiger partial charge on any atom is -0.495 e. The number of hydrogen-bond donors (Lipinski definition) is 1. The fraction of sp³-hybridized carbons (Fsp3) is 0.471. The molecule has 0 saturated heterocycles. The Morgan fingerprint density at radius 3 is 2.76 bits per heavy atom. The molecule has 21 heavy (non-hydrogen) atoms. The van der Waals surface area contributed by atoms with E-state index >= 15 is 0 Å². The molecular formula is C17H23NO3. The SMILES string of the molecule is CCC(C)N(C)C(=O)c1ccc(OC)c(C#CCCO)c1. The van der Waals surface area contributed by atoms with Gasteiger partial charge >= 0.3 is 0 Å². The first-order valence-corrected chi connectivity index (χ1v) is 7.10. The van der Waals surface area contributed by atoms with E-state index in [1.165, 1.54) is 0 Å². The number of hydrogen-bond acceptors (Lipinski definition) is 3. The first-order valence-electron chi connectivity index (χ1n) is 7.10. The Balaban J connectivity index is 3.08. The summed E-state index contributed by atoms with van der Waals surface area (Å²) in [6.07, 6.45) is 1.30. The maximum Gasteiger partial charge on any atom is 0.253 e. The van der Waals surface area contributed by atoms with E-state index in [0.29, 0.717) is 23.3 Å². The van der Waals surface area contributed by atoms with Crippen LogP contribution in [0.25, 0.3) is 0 Å². The lowest BCUT2D eigenvalue weighted by molar-refractivity contribution is 0.0740. The summed E-state index contributed by atoms with van der Waals surface area (Å²) in [4.78, 5) is 14.2. The molecule has 1 N–H and O–H groups in total. The molecular weight excluding hydrogens is 266 g/mol. The van der Waals surface area contributed by atoms with Gasteiger partial charge in [-0.2, -0.15) is 0 Å². The number of benzene rings is 1. The van der Waals surface area contributed by atoms with Gasteiger partial charge in [-0.25, -0.2) is 0 Å². The van der Waals surface area contributed by atoms with Crippen LogP contribution in [0.2, 0.25) is 0 Å². The Bertz CT molecular complexity index is 543. The number of ether oxygens (including phenoxy) is 1. The Morgan fingerprint density at radius 2 is 2.19 bits per heavy atom. The van der Waals surface area contributed by atoms with Crippen LogP contribution in [0, 0.1) is 11.8 Å². The second-order valence-corrected chi connectivity index (χ2v) is 4.86. The molecule has 1 unspecified atom stereocenters. The summed E-state index contributed by atoms with van der Waals surface area (Å²) < 4.78 is 5.25. The lowest BCUT2D eigenvalue weighted by atomic mass is 10.1. The number of carbonyl (C=O) groups excluding carboxylic acids is 1. The van der Waals surface area contributed by atoms with E-state index in [2.05, 4.69) is 11.8 Å². The molecule has 0 spiro atoms. The summed E-state index contributed by atoms with van der Waals surface area (Å²) in [6.45, 7) is 4.09. The number of amides is 1. The zero-order chi connectivity index (χ0) is 15.8. The topological polar surface area (TPSA) is 49.8 Å². The normalized spacial score (nSPS) is 11.3. The lowest BCUT2D eigenvalue weighted by Gasteiger charge is -2.24. The zero-order valence-corrected chi connectivity index (χ0v) is 13.1. The summed E-state index contributed by atoms with van der Waals surface area (Å²) in [7, 11) is 3.37. The van der Waals surface area contributed by atoms with E-state index in [1.807, 2.05) is 13.8 Å². The third-order valence-electron chi connectivity index (χ3n) is 3.48. The van der Waals surface area contributed by atoms with Crippen LogP contribution in [-0.2, 0) is 0 Å². The maximum absolute atomic E-state index is 12.4. The molecule has 0 fully saturated rings. The van der Waals surface area contributed by atoms with Crippen LogP contribution in [-0.4, -0.2) is 42.7 Å².